The fraction of sp³-hybridized carbons (Fsp3) is 0.520. The molecule has 1 atom stereocenters. The number of anilines is 1. The van der Waals surface area contributed by atoms with Crippen molar-refractivity contribution in [3.05, 3.63) is 46.0 Å². The number of ether oxygens (including phenoxy) is 1. The molecule has 5 rings (SSSR count). The number of ketones is 1. The predicted octanol–water partition coefficient (Wildman–Crippen LogP) is 2.77. The molecule has 0 unspecified atom stereocenters. The van der Waals surface area contributed by atoms with Gasteiger partial charge in [-0.05, 0) is 31.9 Å². The molecule has 1 aliphatic carbocycles. The second-order valence-corrected chi connectivity index (χ2v) is 10.4. The molecular formula is C25H30N4O4S. The number of likely N-dealkylation sites (tertiary alicyclic amines) is 1. The van der Waals surface area contributed by atoms with Gasteiger partial charge in [-0.25, -0.2) is 4.98 Å². The normalized spacial score (nSPS) is 21.9. The monoisotopic (exact) mass is 482 g/mol. The third kappa shape index (κ3) is 4.92. The van der Waals surface area contributed by atoms with Crippen LogP contribution in [-0.4, -0.2) is 77.8 Å². The lowest BCUT2D eigenvalue weighted by atomic mass is 9.88. The van der Waals surface area contributed by atoms with Crippen LogP contribution in [0.3, 0.4) is 0 Å². The number of aromatic nitrogens is 1. The minimum absolute atomic E-state index is 0.0535. The first-order chi connectivity index (χ1) is 16.5. The topological polar surface area (TPSA) is 91.8 Å². The molecule has 0 radical (unpaired) electrons. The first-order valence-corrected chi connectivity index (χ1v) is 12.8. The number of carbonyl (C=O) groups excluding carboxylic acids is 3. The van der Waals surface area contributed by atoms with Crippen molar-refractivity contribution in [1.29, 1.82) is 0 Å². The lowest BCUT2D eigenvalue weighted by molar-refractivity contribution is -0.137. The van der Waals surface area contributed by atoms with E-state index in [9.17, 15) is 14.4 Å². The van der Waals surface area contributed by atoms with E-state index < -0.39 is 0 Å². The summed E-state index contributed by atoms with van der Waals surface area (Å²) in [5.74, 6) is -0.630. The van der Waals surface area contributed by atoms with Gasteiger partial charge >= 0.3 is 0 Å². The van der Waals surface area contributed by atoms with Crippen molar-refractivity contribution < 1.29 is 19.1 Å². The number of fused-ring (bicyclic) bond motifs is 1. The Kier molecular flexibility index (Phi) is 6.76. The summed E-state index contributed by atoms with van der Waals surface area (Å²) in [4.78, 5) is 48.1. The molecule has 3 aliphatic rings. The Morgan fingerprint density at radius 3 is 2.62 bits per heavy atom. The number of benzene rings is 1. The third-order valence-electron chi connectivity index (χ3n) is 7.01. The van der Waals surface area contributed by atoms with Gasteiger partial charge in [-0.1, -0.05) is 29.0 Å². The van der Waals surface area contributed by atoms with Crippen LogP contribution in [-0.2, 0) is 16.0 Å². The van der Waals surface area contributed by atoms with Gasteiger partial charge in [0.1, 0.15) is 0 Å². The number of hydrogen-bond donors (Lipinski definition) is 1. The summed E-state index contributed by atoms with van der Waals surface area (Å²) in [6.45, 7) is 6.88. The Bertz CT molecular complexity index is 1090. The average molecular weight is 483 g/mol. The van der Waals surface area contributed by atoms with Crippen molar-refractivity contribution in [3.8, 4) is 0 Å². The minimum Gasteiger partial charge on any atom is -0.379 e. The molecule has 0 spiro atoms. The van der Waals surface area contributed by atoms with E-state index in [4.69, 9.17) is 4.74 Å². The molecule has 8 nitrogen and oxygen atoms in total. The van der Waals surface area contributed by atoms with Crippen molar-refractivity contribution in [2.75, 3.05) is 44.7 Å². The van der Waals surface area contributed by atoms with Crippen LogP contribution in [0.25, 0.3) is 0 Å². The summed E-state index contributed by atoms with van der Waals surface area (Å²) in [5.41, 5.74) is 2.17. The van der Waals surface area contributed by atoms with Crippen LogP contribution in [0, 0.1) is 12.8 Å². The van der Waals surface area contributed by atoms with Crippen molar-refractivity contribution in [1.82, 2.24) is 14.8 Å². The van der Waals surface area contributed by atoms with Gasteiger partial charge < -0.3 is 9.64 Å². The maximum absolute atomic E-state index is 13.2. The molecule has 2 saturated heterocycles. The van der Waals surface area contributed by atoms with Crippen molar-refractivity contribution in [2.24, 2.45) is 5.92 Å². The second-order valence-electron chi connectivity index (χ2n) is 9.35. The number of Topliss-reactive ketones (excluding diaryl/α,β-unsaturated/α-hetero) is 1. The Hall–Kier alpha value is -2.62. The van der Waals surface area contributed by atoms with E-state index in [1.165, 1.54) is 11.3 Å². The summed E-state index contributed by atoms with van der Waals surface area (Å²) in [5, 5.41) is 3.22. The maximum atomic E-state index is 13.2. The summed E-state index contributed by atoms with van der Waals surface area (Å²) >= 11 is 1.20. The molecule has 2 fully saturated rings. The second kappa shape index (κ2) is 9.93. The Morgan fingerprint density at radius 1 is 1.12 bits per heavy atom. The van der Waals surface area contributed by atoms with Crippen molar-refractivity contribution >= 4 is 34.1 Å². The molecular weight excluding hydrogens is 452 g/mol. The highest BCUT2D eigenvalue weighted by molar-refractivity contribution is 7.17. The minimum atomic E-state index is -0.373. The molecule has 0 bridgehead atoms. The van der Waals surface area contributed by atoms with Gasteiger partial charge in [-0.15, -0.1) is 0 Å². The van der Waals surface area contributed by atoms with E-state index in [1.807, 2.05) is 30.0 Å². The highest BCUT2D eigenvalue weighted by atomic mass is 32.1. The summed E-state index contributed by atoms with van der Waals surface area (Å²) in [6, 6.07) is 7.83. The highest BCUT2D eigenvalue weighted by Crippen LogP contribution is 2.34. The van der Waals surface area contributed by atoms with Gasteiger partial charge in [0.05, 0.1) is 29.7 Å². The lowest BCUT2D eigenvalue weighted by Gasteiger charge is -2.41. The summed E-state index contributed by atoms with van der Waals surface area (Å²) in [6.07, 6.45) is 2.58. The number of amides is 2. The van der Waals surface area contributed by atoms with E-state index in [0.717, 1.165) is 57.8 Å². The number of aryl methyl sites for hydroxylation is 1. The molecule has 2 aromatic rings. The smallest absolute Gasteiger partial charge is 0.257 e. The predicted molar refractivity (Wildman–Crippen MR) is 129 cm³/mol. The maximum Gasteiger partial charge on any atom is 0.257 e. The summed E-state index contributed by atoms with van der Waals surface area (Å²) < 4.78 is 5.45. The van der Waals surface area contributed by atoms with Gasteiger partial charge in [0.15, 0.2) is 10.9 Å². The zero-order valence-electron chi connectivity index (χ0n) is 19.4. The standard InChI is InChI=1S/C25H30N4O4S/c1-16-3-2-4-17(13-16)23(31)27-25-26-20-14-18(15-21(30)22(20)34-25)24(32)29-7-5-19(6-8-29)28-9-11-33-12-10-28/h2-4,13,18-19H,5-12,14-15H2,1H3,(H,26,27,31)/t18-/m1/s1. The van der Waals surface area contributed by atoms with Crippen LogP contribution in [0.2, 0.25) is 0 Å². The number of nitrogens with zero attached hydrogens (tertiary/aromatic N) is 3. The average Bonchev–Trinajstić information content (AvgIpc) is 3.27. The Balaban J connectivity index is 1.20. The van der Waals surface area contributed by atoms with Crippen LogP contribution in [0.4, 0.5) is 5.13 Å². The SMILES string of the molecule is Cc1cccc(C(=O)Nc2nc3c(s2)C(=O)C[C@H](C(=O)N2CCC(N4CCOCC4)CC2)C3)c1. The van der Waals surface area contributed by atoms with Gasteiger partial charge in [-0.3, -0.25) is 24.6 Å². The first kappa shape index (κ1) is 23.1. The largest absolute Gasteiger partial charge is 0.379 e. The molecule has 1 aromatic heterocycles. The highest BCUT2D eigenvalue weighted by Gasteiger charge is 2.37. The molecule has 2 aliphatic heterocycles. The number of carbonyl (C=O) groups is 3. The van der Waals surface area contributed by atoms with Crippen LogP contribution in [0.5, 0.6) is 0 Å². The molecule has 9 heteroatoms. The molecule has 1 N–H and O–H groups in total. The number of nitrogens with one attached hydrogen (secondary N) is 1. The molecule has 34 heavy (non-hydrogen) atoms. The van der Waals surface area contributed by atoms with Gasteiger partial charge in [0.2, 0.25) is 5.91 Å². The number of morpholine rings is 1. The van der Waals surface area contributed by atoms with Crippen LogP contribution in [0.1, 0.15) is 50.5 Å². The Labute approximate surface area is 203 Å². The van der Waals surface area contributed by atoms with E-state index >= 15 is 0 Å². The lowest BCUT2D eigenvalue weighted by Crippen LogP contribution is -2.51. The zero-order valence-corrected chi connectivity index (χ0v) is 20.2. The van der Waals surface area contributed by atoms with Crippen molar-refractivity contribution in [3.63, 3.8) is 0 Å². The van der Waals surface area contributed by atoms with Crippen LogP contribution >= 0.6 is 11.3 Å². The van der Waals surface area contributed by atoms with E-state index in [2.05, 4.69) is 15.2 Å². The van der Waals surface area contributed by atoms with E-state index in [1.54, 1.807) is 6.07 Å². The summed E-state index contributed by atoms with van der Waals surface area (Å²) in [7, 11) is 0. The molecule has 180 valence electrons. The molecule has 0 saturated carbocycles. The fourth-order valence-electron chi connectivity index (χ4n) is 5.17. The Morgan fingerprint density at radius 2 is 1.88 bits per heavy atom. The van der Waals surface area contributed by atoms with Gasteiger partial charge in [0, 0.05) is 50.6 Å². The quantitative estimate of drug-likeness (QED) is 0.721. The third-order valence-corrected chi connectivity index (χ3v) is 8.06. The number of thiazole rings is 1. The van der Waals surface area contributed by atoms with E-state index in [0.29, 0.717) is 33.7 Å². The van der Waals surface area contributed by atoms with E-state index in [-0.39, 0.29) is 29.9 Å². The van der Waals surface area contributed by atoms with Crippen LogP contribution in [0.15, 0.2) is 24.3 Å². The van der Waals surface area contributed by atoms with Crippen LogP contribution < -0.4 is 5.32 Å². The molecule has 1 aromatic carbocycles. The van der Waals surface area contributed by atoms with Crippen molar-refractivity contribution in [2.45, 2.75) is 38.6 Å². The number of rotatable bonds is 4. The fourth-order valence-corrected chi connectivity index (χ4v) is 6.10. The zero-order chi connectivity index (χ0) is 23.7. The molecule has 2 amide bonds. The van der Waals surface area contributed by atoms with Gasteiger partial charge in [-0.2, -0.15) is 0 Å². The van der Waals surface area contributed by atoms with Gasteiger partial charge in [0.25, 0.3) is 5.91 Å². The molecule has 3 heterocycles. The number of piperidine rings is 1. The first-order valence-electron chi connectivity index (χ1n) is 12.0. The number of hydrogen-bond acceptors (Lipinski definition) is 7.